The molecule has 0 spiro atoms. The Kier molecular flexibility index (Phi) is 6.09. The van der Waals surface area contributed by atoms with Gasteiger partial charge in [-0.15, -0.1) is 0 Å². The molecule has 1 atom stereocenters. The molecule has 0 bridgehead atoms. The van der Waals surface area contributed by atoms with Crippen molar-refractivity contribution in [2.45, 2.75) is 40.0 Å². The molecule has 0 amide bonds. The van der Waals surface area contributed by atoms with E-state index >= 15 is 0 Å². The standard InChI is InChI=1S/C10H12F2.C2H6/c1-3-7(2)8-4-9(11)6-10(12)5-8;1-2/h4-7H,3H2,1-2H3;1-2H3. The molecule has 0 saturated carbocycles. The van der Waals surface area contributed by atoms with E-state index in [9.17, 15) is 8.78 Å². The Morgan fingerprint density at radius 1 is 1.07 bits per heavy atom. The van der Waals surface area contributed by atoms with Crippen LogP contribution in [0.5, 0.6) is 0 Å². The monoisotopic (exact) mass is 200 g/mol. The maximum Gasteiger partial charge on any atom is 0.126 e. The van der Waals surface area contributed by atoms with E-state index in [0.717, 1.165) is 18.1 Å². The van der Waals surface area contributed by atoms with Gasteiger partial charge in [0.1, 0.15) is 11.6 Å². The van der Waals surface area contributed by atoms with Crippen molar-refractivity contribution in [3.8, 4) is 0 Å². The first-order valence-corrected chi connectivity index (χ1v) is 5.09. The van der Waals surface area contributed by atoms with Crippen LogP contribution in [0.1, 0.15) is 45.6 Å². The maximum atomic E-state index is 12.7. The minimum Gasteiger partial charge on any atom is -0.207 e. The summed E-state index contributed by atoms with van der Waals surface area (Å²) in [5.74, 6) is -0.772. The molecule has 1 aromatic rings. The van der Waals surface area contributed by atoms with Gasteiger partial charge in [0.2, 0.25) is 0 Å². The van der Waals surface area contributed by atoms with Crippen molar-refractivity contribution in [1.82, 2.24) is 0 Å². The van der Waals surface area contributed by atoms with Crippen LogP contribution in [0.25, 0.3) is 0 Å². The molecule has 1 aromatic carbocycles. The van der Waals surface area contributed by atoms with Gasteiger partial charge in [0.05, 0.1) is 0 Å². The topological polar surface area (TPSA) is 0 Å². The lowest BCUT2D eigenvalue weighted by molar-refractivity contribution is 0.573. The highest BCUT2D eigenvalue weighted by Crippen LogP contribution is 2.20. The largest absolute Gasteiger partial charge is 0.207 e. The third kappa shape index (κ3) is 3.86. The summed E-state index contributed by atoms with van der Waals surface area (Å²) in [4.78, 5) is 0. The zero-order chi connectivity index (χ0) is 11.1. The van der Waals surface area contributed by atoms with Gasteiger partial charge >= 0.3 is 0 Å². The molecule has 0 saturated heterocycles. The number of rotatable bonds is 2. The second-order valence-electron chi connectivity index (χ2n) is 3.01. The molecule has 0 aliphatic carbocycles. The Balaban J connectivity index is 0.000000791. The third-order valence-corrected chi connectivity index (χ3v) is 2.07. The molecule has 0 aliphatic rings. The summed E-state index contributed by atoms with van der Waals surface area (Å²) in [5, 5.41) is 0. The van der Waals surface area contributed by atoms with Gasteiger partial charge in [-0.3, -0.25) is 0 Å². The van der Waals surface area contributed by atoms with Crippen LogP contribution in [0.3, 0.4) is 0 Å². The quantitative estimate of drug-likeness (QED) is 0.659. The van der Waals surface area contributed by atoms with E-state index in [0.29, 0.717) is 0 Å². The van der Waals surface area contributed by atoms with Crippen LogP contribution in [-0.2, 0) is 0 Å². The van der Waals surface area contributed by atoms with Crippen molar-refractivity contribution >= 4 is 0 Å². The summed E-state index contributed by atoms with van der Waals surface area (Å²) in [6.45, 7) is 7.95. The van der Waals surface area contributed by atoms with Crippen molar-refractivity contribution in [3.63, 3.8) is 0 Å². The normalized spacial score (nSPS) is 11.6. The Bertz CT molecular complexity index is 249. The van der Waals surface area contributed by atoms with Crippen LogP contribution in [0, 0.1) is 11.6 Å². The minimum absolute atomic E-state index is 0.218. The van der Waals surface area contributed by atoms with E-state index in [-0.39, 0.29) is 5.92 Å². The van der Waals surface area contributed by atoms with Crippen LogP contribution in [0.15, 0.2) is 18.2 Å². The second-order valence-corrected chi connectivity index (χ2v) is 3.01. The molecule has 0 fully saturated rings. The van der Waals surface area contributed by atoms with Crippen LogP contribution in [0.2, 0.25) is 0 Å². The number of hydrogen-bond acceptors (Lipinski definition) is 0. The highest BCUT2D eigenvalue weighted by Gasteiger charge is 2.05. The fourth-order valence-corrected chi connectivity index (χ4v) is 1.10. The first-order chi connectivity index (χ1) is 6.63. The van der Waals surface area contributed by atoms with Crippen molar-refractivity contribution in [2.24, 2.45) is 0 Å². The van der Waals surface area contributed by atoms with Gasteiger partial charge in [0.15, 0.2) is 0 Å². The van der Waals surface area contributed by atoms with E-state index in [2.05, 4.69) is 0 Å². The molecule has 80 valence electrons. The molecule has 0 N–H and O–H groups in total. The summed E-state index contributed by atoms with van der Waals surface area (Å²) in [7, 11) is 0. The van der Waals surface area contributed by atoms with Gasteiger partial charge in [-0.2, -0.15) is 0 Å². The average Bonchev–Trinajstić information content (AvgIpc) is 2.18. The number of halogens is 2. The lowest BCUT2D eigenvalue weighted by Crippen LogP contribution is -1.93. The summed E-state index contributed by atoms with van der Waals surface area (Å²) in [6, 6.07) is 3.67. The van der Waals surface area contributed by atoms with E-state index in [4.69, 9.17) is 0 Å². The SMILES string of the molecule is CC.CCC(C)c1cc(F)cc(F)c1. The summed E-state index contributed by atoms with van der Waals surface area (Å²) in [6.07, 6.45) is 0.892. The molecule has 1 rings (SSSR count). The smallest absolute Gasteiger partial charge is 0.126 e. The molecule has 0 nitrogen and oxygen atoms in total. The molecular formula is C12H18F2. The summed E-state index contributed by atoms with van der Waals surface area (Å²) in [5.41, 5.74) is 0.731. The molecule has 1 unspecified atom stereocenters. The van der Waals surface area contributed by atoms with E-state index in [1.54, 1.807) is 0 Å². The molecule has 0 heterocycles. The first kappa shape index (κ1) is 13.1. The zero-order valence-electron chi connectivity index (χ0n) is 9.27. The highest BCUT2D eigenvalue weighted by molar-refractivity contribution is 5.21. The minimum atomic E-state index is -0.495. The van der Waals surface area contributed by atoms with Crippen molar-refractivity contribution in [1.29, 1.82) is 0 Å². The van der Waals surface area contributed by atoms with Crippen LogP contribution in [-0.4, -0.2) is 0 Å². The predicted molar refractivity (Wildman–Crippen MR) is 56.4 cm³/mol. The van der Waals surface area contributed by atoms with Crippen molar-refractivity contribution in [2.75, 3.05) is 0 Å². The highest BCUT2D eigenvalue weighted by atomic mass is 19.1. The van der Waals surface area contributed by atoms with Crippen LogP contribution < -0.4 is 0 Å². The molecule has 0 aromatic heterocycles. The fraction of sp³-hybridized carbons (Fsp3) is 0.500. The zero-order valence-corrected chi connectivity index (χ0v) is 9.27. The van der Waals surface area contributed by atoms with Gasteiger partial charge in [-0.05, 0) is 30.0 Å². The van der Waals surface area contributed by atoms with Gasteiger partial charge in [-0.25, -0.2) is 8.78 Å². The van der Waals surface area contributed by atoms with Crippen molar-refractivity contribution in [3.05, 3.63) is 35.4 Å². The van der Waals surface area contributed by atoms with Crippen LogP contribution in [0.4, 0.5) is 8.78 Å². The molecule has 14 heavy (non-hydrogen) atoms. The predicted octanol–water partition coefficient (Wildman–Crippen LogP) is 4.50. The molecule has 0 aliphatic heterocycles. The Labute approximate surface area is 85.0 Å². The van der Waals surface area contributed by atoms with E-state index in [1.165, 1.54) is 12.1 Å². The van der Waals surface area contributed by atoms with Crippen molar-refractivity contribution < 1.29 is 8.78 Å². The van der Waals surface area contributed by atoms with Gasteiger partial charge in [-0.1, -0.05) is 27.7 Å². The molecular weight excluding hydrogens is 182 g/mol. The average molecular weight is 200 g/mol. The second kappa shape index (κ2) is 6.52. The first-order valence-electron chi connectivity index (χ1n) is 5.09. The van der Waals surface area contributed by atoms with E-state index in [1.807, 2.05) is 27.7 Å². The van der Waals surface area contributed by atoms with Gasteiger partial charge in [0, 0.05) is 6.07 Å². The number of hydrogen-bond donors (Lipinski definition) is 0. The summed E-state index contributed by atoms with van der Waals surface area (Å²) >= 11 is 0. The molecule has 2 heteroatoms. The lowest BCUT2D eigenvalue weighted by Gasteiger charge is -2.08. The van der Waals surface area contributed by atoms with Gasteiger partial charge < -0.3 is 0 Å². The van der Waals surface area contributed by atoms with Crippen LogP contribution >= 0.6 is 0 Å². The fourth-order valence-electron chi connectivity index (χ4n) is 1.10. The Hall–Kier alpha value is -0.920. The summed E-state index contributed by atoms with van der Waals surface area (Å²) < 4.78 is 25.4. The lowest BCUT2D eigenvalue weighted by atomic mass is 9.99. The maximum absolute atomic E-state index is 12.7. The Morgan fingerprint density at radius 3 is 1.86 bits per heavy atom. The molecule has 0 radical (unpaired) electrons. The van der Waals surface area contributed by atoms with E-state index < -0.39 is 11.6 Å². The van der Waals surface area contributed by atoms with Gasteiger partial charge in [0.25, 0.3) is 0 Å². The Morgan fingerprint density at radius 2 is 1.50 bits per heavy atom. The number of benzene rings is 1. The third-order valence-electron chi connectivity index (χ3n) is 2.07.